The Kier molecular flexibility index (Phi) is 5.20. The molecule has 6 heteroatoms. The van der Waals surface area contributed by atoms with E-state index in [0.717, 1.165) is 25.2 Å². The third-order valence-corrected chi connectivity index (χ3v) is 4.84. The molecule has 2 aromatic rings. The predicted molar refractivity (Wildman–Crippen MR) is 94.3 cm³/mol. The second kappa shape index (κ2) is 7.37. The number of likely N-dealkylation sites (tertiary alicyclic amines) is 1. The number of amides is 1. The number of rotatable bonds is 5. The van der Waals surface area contributed by atoms with Gasteiger partial charge in [0.15, 0.2) is 0 Å². The molecule has 134 valence electrons. The molecular formula is C19H25N3O3. The van der Waals surface area contributed by atoms with E-state index < -0.39 is 5.60 Å². The summed E-state index contributed by atoms with van der Waals surface area (Å²) in [6, 6.07) is 9.74. The van der Waals surface area contributed by atoms with Gasteiger partial charge in [-0.2, -0.15) is 0 Å². The van der Waals surface area contributed by atoms with Crippen LogP contribution in [0.25, 0.3) is 0 Å². The van der Waals surface area contributed by atoms with Crippen LogP contribution < -0.4 is 5.32 Å². The molecule has 1 aliphatic heterocycles. The first-order chi connectivity index (χ1) is 12.0. The average Bonchev–Trinajstić information content (AvgIpc) is 3.04. The van der Waals surface area contributed by atoms with Crippen molar-refractivity contribution >= 4 is 5.91 Å². The van der Waals surface area contributed by atoms with E-state index in [-0.39, 0.29) is 11.7 Å². The van der Waals surface area contributed by atoms with Gasteiger partial charge in [-0.3, -0.25) is 4.79 Å². The SMILES string of the molecule is Cc1ccc(C2(O)CCN(CCNC(=O)c3cc(C)no3)CC2)cc1. The van der Waals surface area contributed by atoms with Crippen LogP contribution in [0.2, 0.25) is 0 Å². The van der Waals surface area contributed by atoms with Crippen LogP contribution in [0.15, 0.2) is 34.9 Å². The van der Waals surface area contributed by atoms with Crippen molar-refractivity contribution in [3.63, 3.8) is 0 Å². The van der Waals surface area contributed by atoms with Crippen LogP contribution in [-0.4, -0.2) is 47.2 Å². The number of hydrogen-bond acceptors (Lipinski definition) is 5. The van der Waals surface area contributed by atoms with Gasteiger partial charge < -0.3 is 19.8 Å². The maximum absolute atomic E-state index is 11.9. The highest BCUT2D eigenvalue weighted by Gasteiger charge is 2.33. The molecule has 0 bridgehead atoms. The molecule has 0 radical (unpaired) electrons. The number of carbonyl (C=O) groups excluding carboxylic acids is 1. The number of hydrogen-bond donors (Lipinski definition) is 2. The largest absolute Gasteiger partial charge is 0.385 e. The van der Waals surface area contributed by atoms with Crippen LogP contribution in [-0.2, 0) is 5.60 Å². The van der Waals surface area contributed by atoms with E-state index in [9.17, 15) is 9.90 Å². The molecule has 25 heavy (non-hydrogen) atoms. The van der Waals surface area contributed by atoms with Gasteiger partial charge in [0, 0.05) is 32.2 Å². The van der Waals surface area contributed by atoms with Crippen LogP contribution in [0.3, 0.4) is 0 Å². The molecule has 1 aliphatic rings. The Balaban J connectivity index is 1.45. The number of benzene rings is 1. The Bertz CT molecular complexity index is 716. The number of carbonyl (C=O) groups is 1. The van der Waals surface area contributed by atoms with Crippen LogP contribution in [0.1, 0.15) is 40.2 Å². The maximum atomic E-state index is 11.9. The molecule has 2 N–H and O–H groups in total. The lowest BCUT2D eigenvalue weighted by molar-refractivity contribution is -0.0255. The Hall–Kier alpha value is -2.18. The van der Waals surface area contributed by atoms with Gasteiger partial charge in [0.2, 0.25) is 5.76 Å². The lowest BCUT2D eigenvalue weighted by Crippen LogP contribution is -2.45. The zero-order valence-corrected chi connectivity index (χ0v) is 14.8. The summed E-state index contributed by atoms with van der Waals surface area (Å²) in [5, 5.41) is 17.5. The van der Waals surface area contributed by atoms with Gasteiger partial charge in [0.05, 0.1) is 11.3 Å². The summed E-state index contributed by atoms with van der Waals surface area (Å²) in [6.07, 6.45) is 1.40. The number of nitrogens with one attached hydrogen (secondary N) is 1. The van der Waals surface area contributed by atoms with Crippen LogP contribution in [0, 0.1) is 13.8 Å². The van der Waals surface area contributed by atoms with Crippen molar-refractivity contribution in [1.29, 1.82) is 0 Å². The van der Waals surface area contributed by atoms with Crippen molar-refractivity contribution in [1.82, 2.24) is 15.4 Å². The van der Waals surface area contributed by atoms with Gasteiger partial charge in [-0.25, -0.2) is 0 Å². The van der Waals surface area contributed by atoms with E-state index in [1.807, 2.05) is 31.2 Å². The highest BCUT2D eigenvalue weighted by Crippen LogP contribution is 2.32. The zero-order valence-electron chi connectivity index (χ0n) is 14.8. The first kappa shape index (κ1) is 17.6. The van der Waals surface area contributed by atoms with Crippen LogP contribution in [0.5, 0.6) is 0 Å². The highest BCUT2D eigenvalue weighted by atomic mass is 16.5. The number of aliphatic hydroxyl groups is 1. The second-order valence-electron chi connectivity index (χ2n) is 6.83. The summed E-state index contributed by atoms with van der Waals surface area (Å²) in [5.74, 6) is -0.00124. The fourth-order valence-corrected chi connectivity index (χ4v) is 3.18. The minimum atomic E-state index is -0.745. The number of aromatic nitrogens is 1. The minimum absolute atomic E-state index is 0.241. The lowest BCUT2D eigenvalue weighted by Gasteiger charge is -2.38. The fraction of sp³-hybridized carbons (Fsp3) is 0.474. The maximum Gasteiger partial charge on any atom is 0.289 e. The van der Waals surface area contributed by atoms with Gasteiger partial charge in [-0.05, 0) is 32.3 Å². The molecule has 1 aromatic heterocycles. The van der Waals surface area contributed by atoms with E-state index in [4.69, 9.17) is 4.52 Å². The predicted octanol–water partition coefficient (Wildman–Crippen LogP) is 2.00. The number of nitrogens with zero attached hydrogens (tertiary/aromatic N) is 2. The molecule has 0 saturated carbocycles. The molecule has 0 unspecified atom stereocenters. The summed E-state index contributed by atoms with van der Waals surface area (Å²) in [6.45, 7) is 6.74. The van der Waals surface area contributed by atoms with Crippen LogP contribution in [0.4, 0.5) is 0 Å². The third-order valence-electron chi connectivity index (χ3n) is 4.84. The summed E-state index contributed by atoms with van der Waals surface area (Å²) in [4.78, 5) is 14.2. The van der Waals surface area contributed by atoms with Gasteiger partial charge in [0.25, 0.3) is 5.91 Å². The molecule has 1 saturated heterocycles. The minimum Gasteiger partial charge on any atom is -0.385 e. The average molecular weight is 343 g/mol. The van der Waals surface area contributed by atoms with Crippen molar-refractivity contribution in [3.05, 3.63) is 52.9 Å². The molecule has 0 spiro atoms. The Morgan fingerprint density at radius 3 is 2.56 bits per heavy atom. The standard InChI is InChI=1S/C19H25N3O3/c1-14-3-5-16(6-4-14)19(24)7-10-22(11-8-19)12-9-20-18(23)17-13-15(2)21-25-17/h3-6,13,24H,7-12H2,1-2H3,(H,20,23). The molecule has 3 rings (SSSR count). The van der Waals surface area contributed by atoms with Crippen molar-refractivity contribution in [2.75, 3.05) is 26.2 Å². The van der Waals surface area contributed by atoms with Crippen molar-refractivity contribution in [2.24, 2.45) is 0 Å². The van der Waals surface area contributed by atoms with Gasteiger partial charge in [0.1, 0.15) is 0 Å². The molecule has 0 aliphatic carbocycles. The molecule has 1 amide bonds. The smallest absolute Gasteiger partial charge is 0.289 e. The monoisotopic (exact) mass is 343 g/mol. The fourth-order valence-electron chi connectivity index (χ4n) is 3.18. The molecule has 1 aromatic carbocycles. The first-order valence-corrected chi connectivity index (χ1v) is 8.70. The zero-order chi connectivity index (χ0) is 17.9. The summed E-state index contributed by atoms with van der Waals surface area (Å²) >= 11 is 0. The first-order valence-electron chi connectivity index (χ1n) is 8.70. The van der Waals surface area contributed by atoms with Gasteiger partial charge in [-0.1, -0.05) is 35.0 Å². The second-order valence-corrected chi connectivity index (χ2v) is 6.83. The van der Waals surface area contributed by atoms with E-state index in [1.54, 1.807) is 13.0 Å². The molecule has 0 atom stereocenters. The molecule has 1 fully saturated rings. The normalized spacial score (nSPS) is 17.4. The Labute approximate surface area is 147 Å². The summed E-state index contributed by atoms with van der Waals surface area (Å²) in [5.41, 5.74) is 2.14. The number of aryl methyl sites for hydroxylation is 2. The molecule has 6 nitrogen and oxygen atoms in total. The molecule has 2 heterocycles. The third kappa shape index (κ3) is 4.27. The van der Waals surface area contributed by atoms with E-state index >= 15 is 0 Å². The summed E-state index contributed by atoms with van der Waals surface area (Å²) < 4.78 is 4.94. The van der Waals surface area contributed by atoms with E-state index in [0.29, 0.717) is 25.1 Å². The highest BCUT2D eigenvalue weighted by molar-refractivity contribution is 5.91. The van der Waals surface area contributed by atoms with Crippen LogP contribution >= 0.6 is 0 Å². The van der Waals surface area contributed by atoms with Crippen molar-refractivity contribution in [2.45, 2.75) is 32.3 Å². The van der Waals surface area contributed by atoms with Crippen molar-refractivity contribution in [3.8, 4) is 0 Å². The Morgan fingerprint density at radius 1 is 1.28 bits per heavy atom. The summed E-state index contributed by atoms with van der Waals surface area (Å²) in [7, 11) is 0. The molecular weight excluding hydrogens is 318 g/mol. The van der Waals surface area contributed by atoms with Gasteiger partial charge in [-0.15, -0.1) is 0 Å². The lowest BCUT2D eigenvalue weighted by atomic mass is 9.84. The Morgan fingerprint density at radius 2 is 1.96 bits per heavy atom. The quantitative estimate of drug-likeness (QED) is 0.868. The topological polar surface area (TPSA) is 78.6 Å². The van der Waals surface area contributed by atoms with E-state index in [1.165, 1.54) is 5.56 Å². The van der Waals surface area contributed by atoms with E-state index in [2.05, 4.69) is 15.4 Å². The van der Waals surface area contributed by atoms with Crippen molar-refractivity contribution < 1.29 is 14.4 Å². The number of piperidine rings is 1. The van der Waals surface area contributed by atoms with Gasteiger partial charge >= 0.3 is 0 Å².